The lowest BCUT2D eigenvalue weighted by Crippen LogP contribution is -2.37. The van der Waals surface area contributed by atoms with Crippen LogP contribution in [0.25, 0.3) is 0 Å². The second-order valence-corrected chi connectivity index (χ2v) is 4.87. The summed E-state index contributed by atoms with van der Waals surface area (Å²) in [6.45, 7) is 5.16. The highest BCUT2D eigenvalue weighted by molar-refractivity contribution is 5.53. The van der Waals surface area contributed by atoms with Crippen molar-refractivity contribution < 1.29 is 4.74 Å². The van der Waals surface area contributed by atoms with Gasteiger partial charge in [0.2, 0.25) is 0 Å². The lowest BCUT2D eigenvalue weighted by Gasteiger charge is -2.30. The minimum absolute atomic E-state index is 0.754. The van der Waals surface area contributed by atoms with Crippen molar-refractivity contribution in [2.75, 3.05) is 31.2 Å². The van der Waals surface area contributed by atoms with Gasteiger partial charge in [-0.15, -0.1) is 0 Å². The molecule has 3 rings (SSSR count). The summed E-state index contributed by atoms with van der Waals surface area (Å²) in [7, 11) is 0. The lowest BCUT2D eigenvalue weighted by molar-refractivity contribution is 0.122. The normalized spacial score (nSPS) is 15.5. The number of aromatic nitrogens is 2. The van der Waals surface area contributed by atoms with Gasteiger partial charge in [0.1, 0.15) is 5.82 Å². The van der Waals surface area contributed by atoms with E-state index in [9.17, 15) is 0 Å². The van der Waals surface area contributed by atoms with Gasteiger partial charge in [0, 0.05) is 37.7 Å². The highest BCUT2D eigenvalue weighted by Gasteiger charge is 2.13. The number of aromatic amines is 1. The number of hydrogen-bond acceptors (Lipinski definition) is 4. The molecule has 0 unspecified atom stereocenters. The van der Waals surface area contributed by atoms with Crippen LogP contribution in [0.15, 0.2) is 36.7 Å². The highest BCUT2D eigenvalue weighted by atomic mass is 16.5. The fourth-order valence-corrected chi connectivity index (χ4v) is 2.48. The van der Waals surface area contributed by atoms with Crippen molar-refractivity contribution in [3.05, 3.63) is 48.0 Å². The first-order valence-electron chi connectivity index (χ1n) is 7.03. The molecule has 0 amide bonds. The molecule has 2 N–H and O–H groups in total. The van der Waals surface area contributed by atoms with E-state index in [-0.39, 0.29) is 0 Å². The maximum atomic E-state index is 5.42. The summed E-state index contributed by atoms with van der Waals surface area (Å²) in [6.07, 6.45) is 3.62. The first-order valence-corrected chi connectivity index (χ1v) is 7.03. The van der Waals surface area contributed by atoms with Gasteiger partial charge in [-0.3, -0.25) is 0 Å². The van der Waals surface area contributed by atoms with Crippen LogP contribution in [-0.4, -0.2) is 36.3 Å². The van der Waals surface area contributed by atoms with E-state index in [0.717, 1.165) is 45.2 Å². The van der Waals surface area contributed by atoms with Crippen molar-refractivity contribution in [3.8, 4) is 0 Å². The average Bonchev–Trinajstić information content (AvgIpc) is 3.02. The summed E-state index contributed by atoms with van der Waals surface area (Å²) in [5.74, 6) is 0.967. The van der Waals surface area contributed by atoms with Crippen molar-refractivity contribution in [3.63, 3.8) is 0 Å². The van der Waals surface area contributed by atoms with Gasteiger partial charge in [0.15, 0.2) is 0 Å². The van der Waals surface area contributed by atoms with E-state index in [0.29, 0.717) is 0 Å². The summed E-state index contributed by atoms with van der Waals surface area (Å²) in [5.41, 5.74) is 2.63. The Morgan fingerprint density at radius 2 is 2.05 bits per heavy atom. The molecule has 0 aliphatic carbocycles. The number of nitrogens with one attached hydrogen (secondary N) is 2. The number of imidazole rings is 1. The Labute approximate surface area is 119 Å². The second-order valence-electron chi connectivity index (χ2n) is 4.87. The van der Waals surface area contributed by atoms with Crippen molar-refractivity contribution in [1.82, 2.24) is 15.3 Å². The monoisotopic (exact) mass is 272 g/mol. The number of para-hydroxylation sites is 1. The predicted octanol–water partition coefficient (Wildman–Crippen LogP) is 1.54. The number of anilines is 1. The van der Waals surface area contributed by atoms with Crippen LogP contribution in [0, 0.1) is 0 Å². The van der Waals surface area contributed by atoms with E-state index in [1.165, 1.54) is 11.3 Å². The van der Waals surface area contributed by atoms with Gasteiger partial charge < -0.3 is 19.9 Å². The van der Waals surface area contributed by atoms with Crippen LogP contribution < -0.4 is 10.2 Å². The Hall–Kier alpha value is -1.85. The van der Waals surface area contributed by atoms with Gasteiger partial charge in [0.05, 0.1) is 19.8 Å². The van der Waals surface area contributed by atoms with Crippen LogP contribution in [0.2, 0.25) is 0 Å². The van der Waals surface area contributed by atoms with Gasteiger partial charge in [-0.05, 0) is 11.6 Å². The topological polar surface area (TPSA) is 53.2 Å². The predicted molar refractivity (Wildman–Crippen MR) is 78.6 cm³/mol. The van der Waals surface area contributed by atoms with E-state index < -0.39 is 0 Å². The van der Waals surface area contributed by atoms with Crippen molar-refractivity contribution in [1.29, 1.82) is 0 Å². The van der Waals surface area contributed by atoms with E-state index >= 15 is 0 Å². The van der Waals surface area contributed by atoms with Crippen LogP contribution in [0.3, 0.4) is 0 Å². The zero-order valence-corrected chi connectivity index (χ0v) is 11.5. The number of morpholine rings is 1. The average molecular weight is 272 g/mol. The van der Waals surface area contributed by atoms with Crippen molar-refractivity contribution in [2.24, 2.45) is 0 Å². The molecule has 2 heterocycles. The van der Waals surface area contributed by atoms with Gasteiger partial charge >= 0.3 is 0 Å². The third kappa shape index (κ3) is 3.18. The summed E-state index contributed by atoms with van der Waals surface area (Å²) >= 11 is 0. The number of H-pyrrole nitrogens is 1. The Bertz CT molecular complexity index is 520. The Morgan fingerprint density at radius 1 is 1.20 bits per heavy atom. The van der Waals surface area contributed by atoms with E-state index in [4.69, 9.17) is 4.74 Å². The van der Waals surface area contributed by atoms with Crippen LogP contribution in [0.4, 0.5) is 5.69 Å². The summed E-state index contributed by atoms with van der Waals surface area (Å²) in [6, 6.07) is 8.56. The molecule has 0 radical (unpaired) electrons. The molecule has 106 valence electrons. The van der Waals surface area contributed by atoms with Crippen LogP contribution in [-0.2, 0) is 17.8 Å². The third-order valence-electron chi connectivity index (χ3n) is 3.51. The maximum absolute atomic E-state index is 5.42. The zero-order chi connectivity index (χ0) is 13.6. The Balaban J connectivity index is 1.63. The number of rotatable bonds is 5. The van der Waals surface area contributed by atoms with Crippen LogP contribution in [0.5, 0.6) is 0 Å². The van der Waals surface area contributed by atoms with E-state index in [1.54, 1.807) is 6.20 Å². The highest BCUT2D eigenvalue weighted by Crippen LogP contribution is 2.21. The third-order valence-corrected chi connectivity index (χ3v) is 3.51. The fraction of sp³-hybridized carbons (Fsp3) is 0.400. The van der Waals surface area contributed by atoms with E-state index in [2.05, 4.69) is 44.5 Å². The van der Waals surface area contributed by atoms with Gasteiger partial charge in [0.25, 0.3) is 0 Å². The minimum atomic E-state index is 0.754. The molecule has 1 saturated heterocycles. The molecule has 5 heteroatoms. The smallest absolute Gasteiger partial charge is 0.120 e. The lowest BCUT2D eigenvalue weighted by atomic mass is 10.1. The van der Waals surface area contributed by atoms with Gasteiger partial charge in [-0.1, -0.05) is 18.2 Å². The standard InChI is InChI=1S/C15H20N4O/c1-2-4-14(19-7-9-20-10-8-19)13(3-1)11-16-12-15-17-5-6-18-15/h1-6,16H,7-12H2,(H,17,18). The molecule has 2 aromatic rings. The second kappa shape index (κ2) is 6.54. The molecule has 1 aromatic heterocycles. The molecule has 5 nitrogen and oxygen atoms in total. The zero-order valence-electron chi connectivity index (χ0n) is 11.5. The Kier molecular flexibility index (Phi) is 4.30. The van der Waals surface area contributed by atoms with Crippen LogP contribution in [0.1, 0.15) is 11.4 Å². The maximum Gasteiger partial charge on any atom is 0.120 e. The van der Waals surface area contributed by atoms with Gasteiger partial charge in [-0.2, -0.15) is 0 Å². The Morgan fingerprint density at radius 3 is 2.85 bits per heavy atom. The molecule has 1 aliphatic rings. The van der Waals surface area contributed by atoms with Crippen molar-refractivity contribution >= 4 is 5.69 Å². The number of ether oxygens (including phenoxy) is 1. The molecule has 0 atom stereocenters. The molecule has 1 aliphatic heterocycles. The summed E-state index contributed by atoms with van der Waals surface area (Å²) in [4.78, 5) is 9.71. The fourth-order valence-electron chi connectivity index (χ4n) is 2.48. The minimum Gasteiger partial charge on any atom is -0.378 e. The quantitative estimate of drug-likeness (QED) is 0.867. The molecular weight excluding hydrogens is 252 g/mol. The number of benzene rings is 1. The summed E-state index contributed by atoms with van der Waals surface area (Å²) in [5, 5.41) is 3.43. The van der Waals surface area contributed by atoms with Crippen LogP contribution >= 0.6 is 0 Å². The van der Waals surface area contributed by atoms with Gasteiger partial charge in [-0.25, -0.2) is 4.98 Å². The molecular formula is C15H20N4O. The molecule has 20 heavy (non-hydrogen) atoms. The molecule has 1 aromatic carbocycles. The SMILES string of the molecule is c1ccc(N2CCOCC2)c(CNCc2ncc[nH]2)c1. The summed E-state index contributed by atoms with van der Waals surface area (Å²) < 4.78 is 5.42. The van der Waals surface area contributed by atoms with E-state index in [1.807, 2.05) is 6.20 Å². The molecule has 1 fully saturated rings. The largest absolute Gasteiger partial charge is 0.378 e. The molecule has 0 bridgehead atoms. The molecule has 0 saturated carbocycles. The number of hydrogen-bond donors (Lipinski definition) is 2. The molecule has 0 spiro atoms. The number of nitrogens with zero attached hydrogens (tertiary/aromatic N) is 2. The van der Waals surface area contributed by atoms with Crippen molar-refractivity contribution in [2.45, 2.75) is 13.1 Å². The first kappa shape index (κ1) is 13.1. The first-order chi connectivity index (χ1) is 9.93.